The third-order valence-electron chi connectivity index (χ3n) is 3.11. The van der Waals surface area contributed by atoms with Gasteiger partial charge in [-0.25, -0.2) is 0 Å². The van der Waals surface area contributed by atoms with Gasteiger partial charge in [-0.3, -0.25) is 15.5 Å². The Balaban J connectivity index is 2.25. The SMILES string of the molecule is COc1cc([N+](=O)[O-])cc(C=NNc2cccc(C(F)(F)F)c2)c1O. The van der Waals surface area contributed by atoms with Crippen LogP contribution in [-0.4, -0.2) is 23.4 Å². The Morgan fingerprint density at radius 1 is 1.32 bits per heavy atom. The molecule has 0 aliphatic heterocycles. The molecule has 0 saturated carbocycles. The van der Waals surface area contributed by atoms with Gasteiger partial charge in [0.15, 0.2) is 11.5 Å². The number of aromatic hydroxyl groups is 1. The summed E-state index contributed by atoms with van der Waals surface area (Å²) in [6, 6.07) is 6.41. The molecule has 0 fully saturated rings. The molecule has 0 amide bonds. The second kappa shape index (κ2) is 7.07. The number of nitro groups is 1. The first kappa shape index (κ1) is 18.0. The van der Waals surface area contributed by atoms with E-state index in [9.17, 15) is 28.4 Å². The van der Waals surface area contributed by atoms with Gasteiger partial charge in [0.2, 0.25) is 0 Å². The number of rotatable bonds is 5. The number of nitrogens with one attached hydrogen (secondary N) is 1. The summed E-state index contributed by atoms with van der Waals surface area (Å²) in [7, 11) is 1.22. The van der Waals surface area contributed by atoms with Gasteiger partial charge in [0.1, 0.15) is 0 Å². The van der Waals surface area contributed by atoms with Crippen LogP contribution in [0.4, 0.5) is 24.5 Å². The van der Waals surface area contributed by atoms with Gasteiger partial charge in [0, 0.05) is 11.6 Å². The molecule has 132 valence electrons. The number of hydrazone groups is 1. The van der Waals surface area contributed by atoms with Crippen molar-refractivity contribution >= 4 is 17.6 Å². The fourth-order valence-corrected chi connectivity index (χ4v) is 1.92. The molecule has 25 heavy (non-hydrogen) atoms. The van der Waals surface area contributed by atoms with Crippen LogP contribution in [0.1, 0.15) is 11.1 Å². The number of phenolic OH excluding ortho intramolecular Hbond substituents is 1. The average Bonchev–Trinajstić information content (AvgIpc) is 2.55. The van der Waals surface area contributed by atoms with Crippen molar-refractivity contribution < 1.29 is 27.9 Å². The van der Waals surface area contributed by atoms with Crippen LogP contribution >= 0.6 is 0 Å². The lowest BCUT2D eigenvalue weighted by Crippen LogP contribution is -2.05. The highest BCUT2D eigenvalue weighted by Crippen LogP contribution is 2.33. The Morgan fingerprint density at radius 2 is 2.04 bits per heavy atom. The number of anilines is 1. The zero-order chi connectivity index (χ0) is 18.6. The van der Waals surface area contributed by atoms with Gasteiger partial charge in [0.25, 0.3) is 5.69 Å². The first-order valence-corrected chi connectivity index (χ1v) is 6.74. The predicted molar refractivity (Wildman–Crippen MR) is 84.0 cm³/mol. The van der Waals surface area contributed by atoms with Gasteiger partial charge in [-0.2, -0.15) is 18.3 Å². The quantitative estimate of drug-likeness (QED) is 0.483. The highest BCUT2D eigenvalue weighted by atomic mass is 19.4. The first-order valence-electron chi connectivity index (χ1n) is 6.74. The lowest BCUT2D eigenvalue weighted by Gasteiger charge is -2.08. The lowest BCUT2D eigenvalue weighted by atomic mass is 10.1. The van der Waals surface area contributed by atoms with E-state index in [1.807, 2.05) is 0 Å². The smallest absolute Gasteiger partial charge is 0.416 e. The van der Waals surface area contributed by atoms with E-state index in [1.165, 1.54) is 19.2 Å². The number of benzene rings is 2. The van der Waals surface area contributed by atoms with Crippen LogP contribution in [0.3, 0.4) is 0 Å². The molecule has 0 aliphatic rings. The van der Waals surface area contributed by atoms with Gasteiger partial charge < -0.3 is 9.84 Å². The maximum absolute atomic E-state index is 12.6. The van der Waals surface area contributed by atoms with Crippen LogP contribution in [0, 0.1) is 10.1 Å². The van der Waals surface area contributed by atoms with Crippen LogP contribution < -0.4 is 10.2 Å². The summed E-state index contributed by atoms with van der Waals surface area (Å²) in [5.74, 6) is -0.516. The number of hydrogen-bond acceptors (Lipinski definition) is 6. The number of non-ortho nitro benzene ring substituents is 1. The fourth-order valence-electron chi connectivity index (χ4n) is 1.92. The molecule has 0 aliphatic carbocycles. The molecule has 0 heterocycles. The van der Waals surface area contributed by atoms with Gasteiger partial charge in [0.05, 0.1) is 35.6 Å². The molecule has 0 unspecified atom stereocenters. The number of halogens is 3. The normalized spacial score (nSPS) is 11.5. The Bertz CT molecular complexity index is 822. The van der Waals surface area contributed by atoms with E-state index >= 15 is 0 Å². The number of alkyl halides is 3. The second-order valence-corrected chi connectivity index (χ2v) is 4.79. The molecule has 0 atom stereocenters. The number of ether oxygens (including phenoxy) is 1. The maximum Gasteiger partial charge on any atom is 0.416 e. The van der Waals surface area contributed by atoms with E-state index in [0.29, 0.717) is 0 Å². The van der Waals surface area contributed by atoms with E-state index in [1.54, 1.807) is 0 Å². The van der Waals surface area contributed by atoms with Crippen molar-refractivity contribution in [1.29, 1.82) is 0 Å². The predicted octanol–water partition coefficient (Wildman–Crippen LogP) is 3.77. The Labute approximate surface area is 139 Å². The van der Waals surface area contributed by atoms with Crippen molar-refractivity contribution in [2.45, 2.75) is 6.18 Å². The van der Waals surface area contributed by atoms with Crippen molar-refractivity contribution in [3.05, 3.63) is 57.6 Å². The van der Waals surface area contributed by atoms with Gasteiger partial charge in [-0.05, 0) is 18.2 Å². The van der Waals surface area contributed by atoms with Crippen LogP contribution in [0.25, 0.3) is 0 Å². The number of phenols is 1. The monoisotopic (exact) mass is 355 g/mol. The molecule has 0 saturated heterocycles. The number of hydrogen-bond donors (Lipinski definition) is 2. The highest BCUT2D eigenvalue weighted by Gasteiger charge is 2.30. The molecule has 2 aromatic carbocycles. The van der Waals surface area contributed by atoms with Crippen molar-refractivity contribution in [1.82, 2.24) is 0 Å². The molecule has 2 N–H and O–H groups in total. The molecule has 2 aromatic rings. The van der Waals surface area contributed by atoms with Crippen LogP contribution in [0.15, 0.2) is 41.5 Å². The zero-order valence-electron chi connectivity index (χ0n) is 12.7. The van der Waals surface area contributed by atoms with Crippen LogP contribution in [0.5, 0.6) is 11.5 Å². The maximum atomic E-state index is 12.6. The molecular weight excluding hydrogens is 343 g/mol. The molecular formula is C15H12F3N3O4. The number of nitro benzene ring substituents is 1. The van der Waals surface area contributed by atoms with E-state index in [2.05, 4.69) is 10.5 Å². The third kappa shape index (κ3) is 4.37. The van der Waals surface area contributed by atoms with Crippen LogP contribution in [-0.2, 0) is 6.18 Å². The van der Waals surface area contributed by atoms with Gasteiger partial charge in [-0.1, -0.05) is 6.07 Å². The van der Waals surface area contributed by atoms with Crippen LogP contribution in [0.2, 0.25) is 0 Å². The molecule has 0 bridgehead atoms. The van der Waals surface area contributed by atoms with E-state index in [-0.39, 0.29) is 28.4 Å². The summed E-state index contributed by atoms with van der Waals surface area (Å²) in [6.07, 6.45) is -3.46. The summed E-state index contributed by atoms with van der Waals surface area (Å²) in [5, 5.41) is 24.5. The van der Waals surface area contributed by atoms with Crippen molar-refractivity contribution in [3.8, 4) is 11.5 Å². The topological polar surface area (TPSA) is 97.0 Å². The summed E-state index contributed by atoms with van der Waals surface area (Å²) in [4.78, 5) is 10.2. The molecule has 0 aromatic heterocycles. The van der Waals surface area contributed by atoms with Crippen molar-refractivity contribution in [3.63, 3.8) is 0 Å². The average molecular weight is 355 g/mol. The molecule has 10 heteroatoms. The zero-order valence-corrected chi connectivity index (χ0v) is 12.7. The molecule has 0 spiro atoms. The summed E-state index contributed by atoms with van der Waals surface area (Å²) >= 11 is 0. The lowest BCUT2D eigenvalue weighted by molar-refractivity contribution is -0.385. The molecule has 2 rings (SSSR count). The second-order valence-electron chi connectivity index (χ2n) is 4.79. The Kier molecular flexibility index (Phi) is 5.11. The number of nitrogens with zero attached hydrogens (tertiary/aromatic N) is 2. The molecule has 7 nitrogen and oxygen atoms in total. The molecule has 0 radical (unpaired) electrons. The summed E-state index contributed by atoms with van der Waals surface area (Å²) in [5.41, 5.74) is 1.20. The highest BCUT2D eigenvalue weighted by molar-refractivity contribution is 5.86. The van der Waals surface area contributed by atoms with E-state index in [0.717, 1.165) is 30.5 Å². The minimum atomic E-state index is -4.49. The Hall–Kier alpha value is -3.30. The van der Waals surface area contributed by atoms with E-state index < -0.39 is 16.7 Å². The van der Waals surface area contributed by atoms with Gasteiger partial charge >= 0.3 is 6.18 Å². The minimum Gasteiger partial charge on any atom is -0.504 e. The third-order valence-corrected chi connectivity index (χ3v) is 3.11. The first-order chi connectivity index (χ1) is 11.7. The summed E-state index contributed by atoms with van der Waals surface area (Å²) in [6.45, 7) is 0. The van der Waals surface area contributed by atoms with E-state index in [4.69, 9.17) is 4.74 Å². The summed E-state index contributed by atoms with van der Waals surface area (Å²) < 4.78 is 42.7. The van der Waals surface area contributed by atoms with Crippen molar-refractivity contribution in [2.75, 3.05) is 12.5 Å². The standard InChI is InChI=1S/C15H12F3N3O4/c1-25-13-7-12(21(23)24)5-9(14(13)22)8-19-20-11-4-2-3-10(6-11)15(16,17)18/h2-8,20,22H,1H3. The number of methoxy groups -OCH3 is 1. The minimum absolute atomic E-state index is 0.0366. The van der Waals surface area contributed by atoms with Crippen molar-refractivity contribution in [2.24, 2.45) is 5.10 Å². The largest absolute Gasteiger partial charge is 0.504 e. The van der Waals surface area contributed by atoms with Gasteiger partial charge in [-0.15, -0.1) is 0 Å². The Morgan fingerprint density at radius 3 is 2.64 bits per heavy atom. The fraction of sp³-hybridized carbons (Fsp3) is 0.133.